The summed E-state index contributed by atoms with van der Waals surface area (Å²) in [5.74, 6) is 0. The van der Waals surface area contributed by atoms with E-state index in [9.17, 15) is 0 Å². The molecular weight excluding hydrogens is 685 g/mol. The number of aromatic nitrogens is 1. The van der Waals surface area contributed by atoms with Crippen LogP contribution in [-0.2, 0) is 0 Å². The maximum absolute atomic E-state index is 2.43. The van der Waals surface area contributed by atoms with Gasteiger partial charge in [-0.25, -0.2) is 0 Å². The highest BCUT2D eigenvalue weighted by Crippen LogP contribution is 2.44. The van der Waals surface area contributed by atoms with Crippen LogP contribution < -0.4 is 4.90 Å². The monoisotopic (exact) mass is 718 g/mol. The van der Waals surface area contributed by atoms with Crippen LogP contribution in [0.3, 0.4) is 0 Å². The van der Waals surface area contributed by atoms with Crippen LogP contribution >= 0.6 is 11.3 Å². The molecule has 55 heavy (non-hydrogen) atoms. The molecule has 9 aromatic carbocycles. The minimum absolute atomic E-state index is 1.10. The van der Waals surface area contributed by atoms with Crippen LogP contribution in [-0.4, -0.2) is 4.57 Å². The summed E-state index contributed by atoms with van der Waals surface area (Å²) in [4.78, 5) is 2.43. The predicted octanol–water partition coefficient (Wildman–Crippen LogP) is 15.1. The zero-order valence-electron chi connectivity index (χ0n) is 29.9. The van der Waals surface area contributed by atoms with Crippen molar-refractivity contribution in [2.45, 2.75) is 0 Å². The van der Waals surface area contributed by atoms with Gasteiger partial charge in [0.1, 0.15) is 0 Å². The first-order valence-corrected chi connectivity index (χ1v) is 19.6. The van der Waals surface area contributed by atoms with Gasteiger partial charge in [-0.15, -0.1) is 11.3 Å². The Labute approximate surface area is 323 Å². The van der Waals surface area contributed by atoms with E-state index in [1.54, 1.807) is 0 Å². The Morgan fingerprint density at radius 3 is 1.89 bits per heavy atom. The number of thiophene rings is 1. The molecule has 0 bridgehead atoms. The highest BCUT2D eigenvalue weighted by atomic mass is 32.1. The zero-order chi connectivity index (χ0) is 36.3. The first-order chi connectivity index (χ1) is 27.3. The van der Waals surface area contributed by atoms with E-state index < -0.39 is 0 Å². The molecule has 0 fully saturated rings. The third-order valence-electron chi connectivity index (χ3n) is 11.0. The molecule has 0 N–H and O–H groups in total. The molecule has 0 aliphatic rings. The molecule has 2 heterocycles. The van der Waals surface area contributed by atoms with Crippen LogP contribution in [0.5, 0.6) is 0 Å². The summed E-state index contributed by atoms with van der Waals surface area (Å²) in [5, 5.41) is 7.60. The average Bonchev–Trinajstić information content (AvgIpc) is 3.79. The third kappa shape index (κ3) is 5.32. The maximum atomic E-state index is 2.43. The SMILES string of the molecule is c1ccc(-n2c3ccccc3c3ccc(N(c4ccc(-c5ccc6c(c5)sc5ccccc56)cc4)c4ccccc4-c4ccc5ccccc5c4)cc32)cc1. The second-order valence-electron chi connectivity index (χ2n) is 14.2. The van der Waals surface area contributed by atoms with Crippen molar-refractivity contribution in [2.24, 2.45) is 0 Å². The van der Waals surface area contributed by atoms with Gasteiger partial charge in [-0.3, -0.25) is 0 Å². The summed E-state index contributed by atoms with van der Waals surface area (Å²) in [5.41, 5.74) is 11.6. The van der Waals surface area contributed by atoms with Crippen LogP contribution in [0.25, 0.3) is 80.7 Å². The number of rotatable bonds is 6. The Bertz CT molecular complexity index is 3210. The number of nitrogens with zero attached hydrogens (tertiary/aromatic N) is 2. The lowest BCUT2D eigenvalue weighted by Gasteiger charge is -2.28. The fraction of sp³-hybridized carbons (Fsp3) is 0. The van der Waals surface area contributed by atoms with Crippen molar-refractivity contribution >= 4 is 81.1 Å². The second-order valence-corrected chi connectivity index (χ2v) is 15.2. The lowest BCUT2D eigenvalue weighted by Crippen LogP contribution is -2.11. The van der Waals surface area contributed by atoms with Crippen LogP contribution in [0, 0.1) is 0 Å². The van der Waals surface area contributed by atoms with Gasteiger partial charge in [0.25, 0.3) is 0 Å². The van der Waals surface area contributed by atoms with E-state index in [1.807, 2.05) is 11.3 Å². The molecule has 2 aromatic heterocycles. The number of benzene rings is 9. The summed E-state index contributed by atoms with van der Waals surface area (Å²) in [6.07, 6.45) is 0. The Morgan fingerprint density at radius 1 is 0.364 bits per heavy atom. The van der Waals surface area contributed by atoms with Gasteiger partial charge in [-0.05, 0) is 94.2 Å². The van der Waals surface area contributed by atoms with Gasteiger partial charge in [0.15, 0.2) is 0 Å². The smallest absolute Gasteiger partial charge is 0.0561 e. The zero-order valence-corrected chi connectivity index (χ0v) is 30.7. The Hall–Kier alpha value is -6.94. The number of para-hydroxylation sites is 3. The first-order valence-electron chi connectivity index (χ1n) is 18.8. The van der Waals surface area contributed by atoms with Crippen molar-refractivity contribution in [3.8, 4) is 27.9 Å². The molecule has 0 amide bonds. The summed E-state index contributed by atoms with van der Waals surface area (Å²) < 4.78 is 5.04. The lowest BCUT2D eigenvalue weighted by atomic mass is 9.98. The molecule has 0 spiro atoms. The van der Waals surface area contributed by atoms with E-state index in [0.717, 1.165) is 22.7 Å². The van der Waals surface area contributed by atoms with Crippen molar-refractivity contribution < 1.29 is 0 Å². The molecule has 11 rings (SSSR count). The predicted molar refractivity (Wildman–Crippen MR) is 237 cm³/mol. The maximum Gasteiger partial charge on any atom is 0.0561 e. The number of fused-ring (bicyclic) bond motifs is 7. The Kier molecular flexibility index (Phi) is 7.39. The highest BCUT2D eigenvalue weighted by Gasteiger charge is 2.20. The summed E-state index contributed by atoms with van der Waals surface area (Å²) >= 11 is 1.86. The third-order valence-corrected chi connectivity index (χ3v) is 12.1. The molecule has 3 heteroatoms. The summed E-state index contributed by atoms with van der Waals surface area (Å²) in [7, 11) is 0. The summed E-state index contributed by atoms with van der Waals surface area (Å²) in [6.45, 7) is 0. The van der Waals surface area contributed by atoms with E-state index in [4.69, 9.17) is 0 Å². The molecule has 0 radical (unpaired) electrons. The molecule has 0 saturated heterocycles. The first kappa shape index (κ1) is 31.6. The van der Waals surface area contributed by atoms with Gasteiger partial charge in [-0.2, -0.15) is 0 Å². The second kappa shape index (κ2) is 12.9. The van der Waals surface area contributed by atoms with Crippen LogP contribution in [0.15, 0.2) is 206 Å². The average molecular weight is 719 g/mol. The number of hydrogen-bond donors (Lipinski definition) is 0. The van der Waals surface area contributed by atoms with E-state index in [1.165, 1.54) is 75.0 Å². The van der Waals surface area contributed by atoms with Crippen molar-refractivity contribution in [2.75, 3.05) is 4.90 Å². The molecule has 0 aliphatic heterocycles. The number of anilines is 3. The van der Waals surface area contributed by atoms with Gasteiger partial charge in [0.05, 0.1) is 16.7 Å². The molecular formula is C52H34N2S. The standard InChI is InChI=1S/C52H34N2S/c1-2-14-40(15-3-1)54-49-20-10-7-17-44(49)45-31-29-42(34-50(45)54)53(48-19-9-6-16-43(48)39-23-22-35-12-4-5-13-37(35)32-39)41-27-24-36(25-28-41)38-26-30-47-46-18-8-11-21-51(46)55-52(47)33-38/h1-34H. The topological polar surface area (TPSA) is 8.17 Å². The van der Waals surface area contributed by atoms with E-state index in [-0.39, 0.29) is 0 Å². The van der Waals surface area contributed by atoms with Crippen molar-refractivity contribution in [3.63, 3.8) is 0 Å². The largest absolute Gasteiger partial charge is 0.310 e. The molecule has 0 saturated carbocycles. The molecule has 2 nitrogen and oxygen atoms in total. The fourth-order valence-corrected chi connectivity index (χ4v) is 9.50. The van der Waals surface area contributed by atoms with Crippen LogP contribution in [0.2, 0.25) is 0 Å². The molecule has 11 aromatic rings. The normalized spacial score (nSPS) is 11.6. The van der Waals surface area contributed by atoms with E-state index in [2.05, 4.69) is 216 Å². The fourth-order valence-electron chi connectivity index (χ4n) is 8.36. The van der Waals surface area contributed by atoms with Crippen molar-refractivity contribution in [3.05, 3.63) is 206 Å². The van der Waals surface area contributed by atoms with Gasteiger partial charge in [0, 0.05) is 53.6 Å². The van der Waals surface area contributed by atoms with E-state index >= 15 is 0 Å². The highest BCUT2D eigenvalue weighted by molar-refractivity contribution is 7.25. The van der Waals surface area contributed by atoms with E-state index in [0.29, 0.717) is 0 Å². The Morgan fingerprint density at radius 2 is 1.00 bits per heavy atom. The number of hydrogen-bond acceptors (Lipinski definition) is 2. The van der Waals surface area contributed by atoms with Gasteiger partial charge in [0.2, 0.25) is 0 Å². The van der Waals surface area contributed by atoms with Gasteiger partial charge < -0.3 is 9.47 Å². The van der Waals surface area contributed by atoms with Gasteiger partial charge >= 0.3 is 0 Å². The van der Waals surface area contributed by atoms with Crippen molar-refractivity contribution in [1.82, 2.24) is 4.57 Å². The quantitative estimate of drug-likeness (QED) is 0.166. The molecule has 0 atom stereocenters. The lowest BCUT2D eigenvalue weighted by molar-refractivity contribution is 1.18. The molecule has 258 valence electrons. The minimum Gasteiger partial charge on any atom is -0.310 e. The Balaban J connectivity index is 1.10. The molecule has 0 unspecified atom stereocenters. The van der Waals surface area contributed by atoms with Crippen molar-refractivity contribution in [1.29, 1.82) is 0 Å². The van der Waals surface area contributed by atoms with Gasteiger partial charge in [-0.1, -0.05) is 140 Å². The molecule has 0 aliphatic carbocycles. The minimum atomic E-state index is 1.10. The summed E-state index contributed by atoms with van der Waals surface area (Å²) in [6, 6.07) is 75.3. The van der Waals surface area contributed by atoms with Crippen LogP contribution in [0.1, 0.15) is 0 Å². The van der Waals surface area contributed by atoms with Crippen LogP contribution in [0.4, 0.5) is 17.1 Å².